The molecule has 1 saturated heterocycles. The van der Waals surface area contributed by atoms with Crippen LogP contribution in [0.25, 0.3) is 33.6 Å². The lowest BCUT2D eigenvalue weighted by molar-refractivity contribution is -0.192. The van der Waals surface area contributed by atoms with Gasteiger partial charge in [-0.05, 0) is 94.0 Å². The SMILES string of the molecule is COc1cc(C(=O)N2C[C@H](N)[C@@H]3CC[C@H]2C3)cc2nc(-c3cc4ccc([C@@H](C)NC(=O)C5(C(F)(F)F)CC5)nc4n3CC3CC3)n(C)c12. The van der Waals surface area contributed by atoms with Gasteiger partial charge in [0.05, 0.1) is 30.1 Å². The number of carbonyl (C=O) groups excluding carboxylic acids is 2. The molecule has 0 radical (unpaired) electrons. The standard InChI is InChI=1S/C35H40F3N7O3/c1-18(40-33(47)34(10-11-34)35(36,37)38)25-9-7-21-14-27(45(30(21)41-25)16-19-4-5-19)31-42-26-13-22(15-28(48-3)29(26)43(31)2)32(46)44-17-24(39)20-6-8-23(44)12-20/h7,9,13-15,18-20,23-24H,4-6,8,10-12,16-17,39H2,1-3H3,(H,40,47)/t18-,20-,23+,24+/m1/s1. The minimum absolute atomic E-state index is 0.0173. The summed E-state index contributed by atoms with van der Waals surface area (Å²) in [5.41, 5.74) is 8.03. The number of imidazole rings is 1. The van der Waals surface area contributed by atoms with Crippen molar-refractivity contribution in [1.82, 2.24) is 29.3 Å². The number of likely N-dealkylation sites (tertiary alicyclic amines) is 1. The largest absolute Gasteiger partial charge is 0.494 e. The number of nitrogens with zero attached hydrogens (tertiary/aromatic N) is 5. The van der Waals surface area contributed by atoms with Crippen LogP contribution in [0.2, 0.25) is 0 Å². The second-order valence-electron chi connectivity index (χ2n) is 14.4. The Morgan fingerprint density at radius 1 is 1.12 bits per heavy atom. The number of piperidine rings is 1. The molecule has 10 nitrogen and oxygen atoms in total. The smallest absolute Gasteiger partial charge is 0.403 e. The second-order valence-corrected chi connectivity index (χ2v) is 14.4. The Balaban J connectivity index is 1.16. The predicted octanol–water partition coefficient (Wildman–Crippen LogP) is 5.48. The van der Waals surface area contributed by atoms with Crippen LogP contribution in [-0.4, -0.2) is 67.7 Å². The molecule has 4 fully saturated rings. The average Bonchev–Trinajstić information content (AvgIpc) is 3.96. The summed E-state index contributed by atoms with van der Waals surface area (Å²) in [7, 11) is 3.50. The number of halogens is 3. The molecule has 2 bridgehead atoms. The van der Waals surface area contributed by atoms with E-state index >= 15 is 0 Å². The first-order chi connectivity index (χ1) is 22.9. The zero-order valence-electron chi connectivity index (χ0n) is 27.3. The van der Waals surface area contributed by atoms with E-state index in [2.05, 4.69) is 9.88 Å². The third-order valence-corrected chi connectivity index (χ3v) is 11.2. The Kier molecular flexibility index (Phi) is 7.10. The summed E-state index contributed by atoms with van der Waals surface area (Å²) in [6, 6.07) is 8.75. The lowest BCUT2D eigenvalue weighted by Crippen LogP contribution is -2.51. The lowest BCUT2D eigenvalue weighted by atomic mass is 9.94. The molecule has 3 saturated carbocycles. The van der Waals surface area contributed by atoms with Gasteiger partial charge in [-0.25, -0.2) is 9.97 Å². The first-order valence-electron chi connectivity index (χ1n) is 16.9. The molecular formula is C35H40F3N7O3. The molecule has 2 amide bonds. The van der Waals surface area contributed by atoms with Gasteiger partial charge in [0.25, 0.3) is 5.91 Å². The fraction of sp³-hybridized carbons (Fsp3) is 0.543. The van der Waals surface area contributed by atoms with E-state index in [0.29, 0.717) is 58.9 Å². The first kappa shape index (κ1) is 31.2. The van der Waals surface area contributed by atoms with Crippen LogP contribution in [0.3, 0.4) is 0 Å². The van der Waals surface area contributed by atoms with Gasteiger partial charge < -0.3 is 29.8 Å². The highest BCUT2D eigenvalue weighted by Gasteiger charge is 2.68. The van der Waals surface area contributed by atoms with Gasteiger partial charge in [0.15, 0.2) is 5.82 Å². The van der Waals surface area contributed by atoms with Crippen LogP contribution in [0.5, 0.6) is 5.75 Å². The highest BCUT2D eigenvalue weighted by Crippen LogP contribution is 2.58. The number of methoxy groups -OCH3 is 1. The van der Waals surface area contributed by atoms with Gasteiger partial charge in [-0.15, -0.1) is 0 Å². The molecule has 4 atom stereocenters. The molecule has 8 rings (SSSR count). The van der Waals surface area contributed by atoms with Crippen molar-refractivity contribution in [1.29, 1.82) is 0 Å². The van der Waals surface area contributed by atoms with Gasteiger partial charge in [-0.1, -0.05) is 0 Å². The van der Waals surface area contributed by atoms with Crippen LogP contribution in [0, 0.1) is 17.3 Å². The van der Waals surface area contributed by atoms with E-state index in [-0.39, 0.29) is 30.8 Å². The summed E-state index contributed by atoms with van der Waals surface area (Å²) in [6.07, 6.45) is 0.188. The summed E-state index contributed by atoms with van der Waals surface area (Å²) >= 11 is 0. The maximum atomic E-state index is 13.9. The van der Waals surface area contributed by atoms with Crippen molar-refractivity contribution in [2.45, 2.75) is 82.7 Å². The van der Waals surface area contributed by atoms with Crippen LogP contribution in [0.15, 0.2) is 30.3 Å². The molecule has 3 aromatic heterocycles. The topological polar surface area (TPSA) is 120 Å². The Morgan fingerprint density at radius 2 is 1.90 bits per heavy atom. The van der Waals surface area contributed by atoms with Crippen molar-refractivity contribution in [3.05, 3.63) is 41.6 Å². The minimum Gasteiger partial charge on any atom is -0.494 e. The number of carbonyl (C=O) groups is 2. The average molecular weight is 664 g/mol. The summed E-state index contributed by atoms with van der Waals surface area (Å²) in [6.45, 7) is 2.91. The second kappa shape index (κ2) is 10.9. The number of hydrogen-bond donors (Lipinski definition) is 2. The summed E-state index contributed by atoms with van der Waals surface area (Å²) in [5, 5.41) is 3.43. The number of rotatable bonds is 8. The number of alkyl halides is 3. The number of nitrogens with two attached hydrogens (primary N) is 1. The van der Waals surface area contributed by atoms with Crippen molar-refractivity contribution >= 4 is 33.9 Å². The minimum atomic E-state index is -4.58. The molecule has 4 aliphatic rings. The Hall–Kier alpha value is -4.13. The summed E-state index contributed by atoms with van der Waals surface area (Å²) in [4.78, 5) is 38.4. The van der Waals surface area contributed by atoms with E-state index in [1.54, 1.807) is 26.2 Å². The number of benzene rings is 1. The normalized spacial score (nSPS) is 23.9. The van der Waals surface area contributed by atoms with Gasteiger partial charge in [0.1, 0.15) is 22.3 Å². The van der Waals surface area contributed by atoms with Crippen molar-refractivity contribution in [2.75, 3.05) is 13.7 Å². The molecule has 3 N–H and O–H groups in total. The monoisotopic (exact) mass is 663 g/mol. The van der Waals surface area contributed by atoms with Crippen molar-refractivity contribution in [3.8, 4) is 17.3 Å². The number of ether oxygens (including phenoxy) is 1. The van der Waals surface area contributed by atoms with Gasteiger partial charge in [0.2, 0.25) is 5.91 Å². The molecule has 48 heavy (non-hydrogen) atoms. The lowest BCUT2D eigenvalue weighted by Gasteiger charge is -2.37. The summed E-state index contributed by atoms with van der Waals surface area (Å²) < 4.78 is 50.7. The third kappa shape index (κ3) is 4.95. The quantitative estimate of drug-likeness (QED) is 0.258. The molecule has 1 aromatic carbocycles. The number of aryl methyl sites for hydroxylation is 1. The summed E-state index contributed by atoms with van der Waals surface area (Å²) in [5.74, 6) is 1.11. The molecule has 13 heteroatoms. The number of fused-ring (bicyclic) bond motifs is 4. The third-order valence-electron chi connectivity index (χ3n) is 11.2. The van der Waals surface area contributed by atoms with Gasteiger partial charge in [-0.3, -0.25) is 9.59 Å². The first-order valence-corrected chi connectivity index (χ1v) is 16.9. The zero-order chi connectivity index (χ0) is 33.7. The van der Waals surface area contributed by atoms with Crippen molar-refractivity contribution < 1.29 is 27.5 Å². The van der Waals surface area contributed by atoms with E-state index in [0.717, 1.165) is 48.7 Å². The molecule has 0 spiro atoms. The number of pyridine rings is 1. The van der Waals surface area contributed by atoms with Crippen molar-refractivity contribution in [2.24, 2.45) is 30.0 Å². The molecular weight excluding hydrogens is 623 g/mol. The fourth-order valence-electron chi connectivity index (χ4n) is 7.91. The molecule has 0 unspecified atom stereocenters. The van der Waals surface area contributed by atoms with Gasteiger partial charge in [0, 0.05) is 43.2 Å². The Bertz CT molecular complexity index is 1960. The van der Waals surface area contributed by atoms with Crippen LogP contribution in [0.4, 0.5) is 13.2 Å². The molecule has 3 aliphatic carbocycles. The zero-order valence-corrected chi connectivity index (χ0v) is 27.3. The number of nitrogens with one attached hydrogen (secondary N) is 1. The predicted molar refractivity (Wildman–Crippen MR) is 173 cm³/mol. The molecule has 254 valence electrons. The fourth-order valence-corrected chi connectivity index (χ4v) is 7.91. The number of aromatic nitrogens is 4. The van der Waals surface area contributed by atoms with E-state index in [1.165, 1.54) is 0 Å². The van der Waals surface area contributed by atoms with Crippen molar-refractivity contribution in [3.63, 3.8) is 0 Å². The highest BCUT2D eigenvalue weighted by molar-refractivity contribution is 6.00. The van der Waals surface area contributed by atoms with Crippen LogP contribution in [0.1, 0.15) is 74.0 Å². The Labute approximate surface area is 275 Å². The van der Waals surface area contributed by atoms with E-state index < -0.39 is 23.5 Å². The van der Waals surface area contributed by atoms with Crippen LogP contribution in [-0.2, 0) is 18.4 Å². The Morgan fingerprint density at radius 3 is 2.58 bits per heavy atom. The molecule has 1 aliphatic heterocycles. The maximum absolute atomic E-state index is 13.9. The number of hydrogen-bond acceptors (Lipinski definition) is 6. The maximum Gasteiger partial charge on any atom is 0.403 e. The van der Waals surface area contributed by atoms with E-state index in [9.17, 15) is 22.8 Å². The van der Waals surface area contributed by atoms with Crippen LogP contribution < -0.4 is 15.8 Å². The van der Waals surface area contributed by atoms with E-state index in [4.69, 9.17) is 20.4 Å². The number of amides is 2. The highest BCUT2D eigenvalue weighted by atomic mass is 19.4. The van der Waals surface area contributed by atoms with Gasteiger partial charge >= 0.3 is 6.18 Å². The van der Waals surface area contributed by atoms with E-state index in [1.807, 2.05) is 34.7 Å². The van der Waals surface area contributed by atoms with Gasteiger partial charge in [-0.2, -0.15) is 13.2 Å². The molecule has 4 heterocycles. The molecule has 4 aromatic rings. The van der Waals surface area contributed by atoms with Crippen LogP contribution >= 0.6 is 0 Å².